The second kappa shape index (κ2) is 12.1. The van der Waals surface area contributed by atoms with Crippen molar-refractivity contribution in [3.8, 4) is 11.3 Å². The Balaban J connectivity index is 0.000000427. The van der Waals surface area contributed by atoms with Crippen molar-refractivity contribution in [2.45, 2.75) is 54.4 Å². The van der Waals surface area contributed by atoms with Crippen molar-refractivity contribution in [3.63, 3.8) is 0 Å². The van der Waals surface area contributed by atoms with E-state index in [-0.39, 0.29) is 0 Å². The fourth-order valence-corrected chi connectivity index (χ4v) is 1.96. The summed E-state index contributed by atoms with van der Waals surface area (Å²) in [7, 11) is 0. The molecule has 0 atom stereocenters. The molecule has 1 heteroatoms. The molecular weight excluding hydrogens is 254 g/mol. The van der Waals surface area contributed by atoms with Crippen LogP contribution in [0.5, 0.6) is 0 Å². The predicted octanol–water partition coefficient (Wildman–Crippen LogP) is 6.53. The first-order chi connectivity index (χ1) is 10.1. The van der Waals surface area contributed by atoms with Crippen molar-refractivity contribution in [2.24, 2.45) is 5.92 Å². The van der Waals surface area contributed by atoms with Gasteiger partial charge in [-0.3, -0.25) is 4.98 Å². The highest BCUT2D eigenvalue weighted by Crippen LogP contribution is 2.19. The van der Waals surface area contributed by atoms with Gasteiger partial charge in [0.05, 0.1) is 5.69 Å². The van der Waals surface area contributed by atoms with Gasteiger partial charge in [0.1, 0.15) is 0 Å². The van der Waals surface area contributed by atoms with Crippen LogP contribution in [-0.4, -0.2) is 4.98 Å². The predicted molar refractivity (Wildman–Crippen MR) is 95.5 cm³/mol. The van der Waals surface area contributed by atoms with Crippen LogP contribution < -0.4 is 0 Å². The Hall–Kier alpha value is -1.63. The van der Waals surface area contributed by atoms with Crippen molar-refractivity contribution in [1.82, 2.24) is 4.98 Å². The third-order valence-electron chi connectivity index (χ3n) is 2.92. The molecule has 1 heterocycles. The van der Waals surface area contributed by atoms with Crippen LogP contribution in [0.3, 0.4) is 0 Å². The maximum atomic E-state index is 4.35. The molecule has 0 saturated carbocycles. The molecule has 0 radical (unpaired) electrons. The molecule has 2 aromatic rings. The molecule has 0 saturated heterocycles. The number of aromatic nitrogens is 1. The summed E-state index contributed by atoms with van der Waals surface area (Å²) in [5, 5.41) is 0. The Morgan fingerprint density at radius 2 is 1.57 bits per heavy atom. The molecule has 116 valence electrons. The molecule has 0 aliphatic heterocycles. The smallest absolute Gasteiger partial charge is 0.0731 e. The van der Waals surface area contributed by atoms with Gasteiger partial charge in [-0.2, -0.15) is 0 Å². The van der Waals surface area contributed by atoms with Crippen molar-refractivity contribution in [3.05, 3.63) is 54.2 Å². The molecule has 0 aliphatic carbocycles. The van der Waals surface area contributed by atoms with Crippen LogP contribution in [0.15, 0.2) is 48.7 Å². The summed E-state index contributed by atoms with van der Waals surface area (Å²) < 4.78 is 0. The Labute approximate surface area is 131 Å². The fraction of sp³-hybridized carbons (Fsp3) is 0.450. The van der Waals surface area contributed by atoms with Gasteiger partial charge in [-0.1, -0.05) is 83.9 Å². The van der Waals surface area contributed by atoms with Gasteiger partial charge in [0.25, 0.3) is 0 Å². The minimum Gasteiger partial charge on any atom is -0.256 e. The summed E-state index contributed by atoms with van der Waals surface area (Å²) in [6, 6.07) is 14.3. The van der Waals surface area contributed by atoms with Crippen molar-refractivity contribution >= 4 is 0 Å². The van der Waals surface area contributed by atoms with Gasteiger partial charge in [-0.25, -0.2) is 0 Å². The summed E-state index contributed by atoms with van der Waals surface area (Å²) in [5.74, 6) is 0.898. The Kier molecular flexibility index (Phi) is 11.2. The van der Waals surface area contributed by atoms with E-state index in [1.165, 1.54) is 24.0 Å². The first-order valence-corrected chi connectivity index (χ1v) is 8.12. The molecule has 1 aromatic heterocycles. The highest BCUT2D eigenvalue weighted by Gasteiger charge is 1.99. The van der Waals surface area contributed by atoms with E-state index in [1.807, 2.05) is 44.3 Å². The highest BCUT2D eigenvalue weighted by molar-refractivity contribution is 5.62. The molecule has 2 rings (SSSR count). The Morgan fingerprint density at radius 3 is 2.00 bits per heavy atom. The number of pyridine rings is 1. The number of nitrogens with zero attached hydrogens (tertiary/aromatic N) is 1. The molecule has 0 N–H and O–H groups in total. The van der Waals surface area contributed by atoms with Crippen LogP contribution in [0.2, 0.25) is 0 Å². The minimum absolute atomic E-state index is 0.898. The largest absolute Gasteiger partial charge is 0.256 e. The molecule has 1 nitrogen and oxygen atoms in total. The van der Waals surface area contributed by atoms with Crippen LogP contribution in [0.4, 0.5) is 0 Å². The average Bonchev–Trinajstić information content (AvgIpc) is 2.51. The lowest BCUT2D eigenvalue weighted by Gasteiger charge is -2.02. The van der Waals surface area contributed by atoms with Crippen molar-refractivity contribution < 1.29 is 0 Å². The van der Waals surface area contributed by atoms with Crippen LogP contribution in [0.25, 0.3) is 11.3 Å². The van der Waals surface area contributed by atoms with Crippen molar-refractivity contribution in [1.29, 1.82) is 0 Å². The van der Waals surface area contributed by atoms with Crippen LogP contribution in [-0.2, 0) is 0 Å². The lowest BCUT2D eigenvalue weighted by atomic mass is 10.1. The number of benzene rings is 1. The zero-order valence-corrected chi connectivity index (χ0v) is 14.6. The van der Waals surface area contributed by atoms with E-state index < -0.39 is 0 Å². The van der Waals surface area contributed by atoms with Gasteiger partial charge in [0.15, 0.2) is 0 Å². The third-order valence-corrected chi connectivity index (χ3v) is 2.92. The van der Waals surface area contributed by atoms with E-state index in [1.54, 1.807) is 0 Å². The zero-order chi connectivity index (χ0) is 16.1. The molecule has 0 fully saturated rings. The summed E-state index contributed by atoms with van der Waals surface area (Å²) in [5.41, 5.74) is 3.47. The van der Waals surface area contributed by atoms with Gasteiger partial charge < -0.3 is 0 Å². The summed E-state index contributed by atoms with van der Waals surface area (Å²) in [6.07, 6.45) is 4.53. The number of rotatable bonds is 3. The summed E-state index contributed by atoms with van der Waals surface area (Å²) in [4.78, 5) is 4.35. The van der Waals surface area contributed by atoms with E-state index in [9.17, 15) is 0 Å². The number of hydrogen-bond donors (Lipinski definition) is 0. The molecule has 0 spiro atoms. The van der Waals surface area contributed by atoms with Crippen LogP contribution >= 0.6 is 0 Å². The van der Waals surface area contributed by atoms with E-state index in [4.69, 9.17) is 0 Å². The molecule has 1 aromatic carbocycles. The molecule has 0 amide bonds. The first kappa shape index (κ1) is 19.4. The topological polar surface area (TPSA) is 12.9 Å². The maximum Gasteiger partial charge on any atom is 0.0731 e. The van der Waals surface area contributed by atoms with Crippen LogP contribution in [0, 0.1) is 12.8 Å². The van der Waals surface area contributed by atoms with Gasteiger partial charge in [0.2, 0.25) is 0 Å². The van der Waals surface area contributed by atoms with Gasteiger partial charge in [-0.15, -0.1) is 0 Å². The van der Waals surface area contributed by atoms with E-state index in [0.29, 0.717) is 0 Å². The standard InChI is InChI=1S/C12H11N.C6H14.C2H6/c1-10-6-5-9-13-12(10)11-7-3-2-4-8-11;1-4-5-6(2)3;1-2/h2-9H,1H3;6H,4-5H2,1-3H3;1-2H3. The Morgan fingerprint density at radius 1 is 0.952 bits per heavy atom. The Bertz CT molecular complexity index is 460. The monoisotopic (exact) mass is 285 g/mol. The zero-order valence-electron chi connectivity index (χ0n) is 14.6. The maximum absolute atomic E-state index is 4.35. The van der Waals surface area contributed by atoms with Gasteiger partial charge >= 0.3 is 0 Å². The first-order valence-electron chi connectivity index (χ1n) is 8.12. The lowest BCUT2D eigenvalue weighted by Crippen LogP contribution is -1.85. The van der Waals surface area contributed by atoms with Gasteiger partial charge in [-0.05, 0) is 24.5 Å². The highest BCUT2D eigenvalue weighted by atomic mass is 14.7. The molecule has 0 aliphatic rings. The van der Waals surface area contributed by atoms with Crippen LogP contribution in [0.1, 0.15) is 53.0 Å². The van der Waals surface area contributed by atoms with E-state index in [2.05, 4.69) is 50.9 Å². The SMILES string of the molecule is CC.CCCC(C)C.Cc1cccnc1-c1ccccc1. The second-order valence-electron chi connectivity index (χ2n) is 5.22. The second-order valence-corrected chi connectivity index (χ2v) is 5.22. The fourth-order valence-electron chi connectivity index (χ4n) is 1.96. The van der Waals surface area contributed by atoms with Crippen molar-refractivity contribution in [2.75, 3.05) is 0 Å². The minimum atomic E-state index is 0.898. The van der Waals surface area contributed by atoms with E-state index >= 15 is 0 Å². The quantitative estimate of drug-likeness (QED) is 0.625. The molecule has 0 bridgehead atoms. The summed E-state index contributed by atoms with van der Waals surface area (Å²) >= 11 is 0. The third kappa shape index (κ3) is 8.29. The normalized spacial score (nSPS) is 9.29. The van der Waals surface area contributed by atoms with Gasteiger partial charge in [0, 0.05) is 11.8 Å². The lowest BCUT2D eigenvalue weighted by molar-refractivity contribution is 0.576. The molecular formula is C20H31N. The molecule has 21 heavy (non-hydrogen) atoms. The average molecular weight is 285 g/mol. The number of aryl methyl sites for hydroxylation is 1. The number of hydrogen-bond acceptors (Lipinski definition) is 1. The van der Waals surface area contributed by atoms with E-state index in [0.717, 1.165) is 11.6 Å². The molecule has 0 unspecified atom stereocenters. The summed E-state index contributed by atoms with van der Waals surface area (Å²) in [6.45, 7) is 12.8.